The van der Waals surface area contributed by atoms with Crippen molar-refractivity contribution < 1.29 is 19.8 Å². The number of amides is 2. The number of aromatic nitrogens is 1. The first-order valence-electron chi connectivity index (χ1n) is 6.61. The van der Waals surface area contributed by atoms with E-state index in [4.69, 9.17) is 10.2 Å². The van der Waals surface area contributed by atoms with Gasteiger partial charge in [-0.15, -0.1) is 0 Å². The van der Waals surface area contributed by atoms with Crippen LogP contribution in [0.2, 0.25) is 0 Å². The van der Waals surface area contributed by atoms with Crippen LogP contribution in [-0.4, -0.2) is 51.8 Å². The third kappa shape index (κ3) is 3.11. The van der Waals surface area contributed by atoms with E-state index in [9.17, 15) is 9.59 Å². The summed E-state index contributed by atoms with van der Waals surface area (Å²) in [7, 11) is 0. The first-order chi connectivity index (χ1) is 9.51. The van der Waals surface area contributed by atoms with E-state index in [1.807, 2.05) is 0 Å². The summed E-state index contributed by atoms with van der Waals surface area (Å²) in [5.74, 6) is -0.851. The number of likely N-dealkylation sites (tertiary alicyclic amines) is 1. The predicted octanol–water partition coefficient (Wildman–Crippen LogP) is 1.26. The van der Waals surface area contributed by atoms with Crippen molar-refractivity contribution in [3.8, 4) is 0 Å². The minimum absolute atomic E-state index is 0.0129. The van der Waals surface area contributed by atoms with E-state index in [0.29, 0.717) is 18.8 Å². The third-order valence-electron chi connectivity index (χ3n) is 3.57. The Labute approximate surface area is 116 Å². The highest BCUT2D eigenvalue weighted by atomic mass is 16.4. The number of carbonyl (C=O) groups is 2. The van der Waals surface area contributed by atoms with Gasteiger partial charge in [0.1, 0.15) is 5.69 Å². The summed E-state index contributed by atoms with van der Waals surface area (Å²) in [6.45, 7) is 3.02. The molecule has 0 radical (unpaired) electrons. The average Bonchev–Trinajstić information content (AvgIpc) is 2.80. The number of aliphatic hydroxyl groups excluding tert-OH is 1. The molecule has 7 heteroatoms. The Hall–Kier alpha value is -2.02. The average molecular weight is 281 g/mol. The number of nitrogens with zero attached hydrogens (tertiary/aromatic N) is 1. The fourth-order valence-electron chi connectivity index (χ4n) is 2.37. The number of H-pyrrole nitrogens is 1. The highest BCUT2D eigenvalue weighted by Gasteiger charge is 2.24. The molecule has 4 N–H and O–H groups in total. The molecule has 0 aliphatic carbocycles. The summed E-state index contributed by atoms with van der Waals surface area (Å²) in [6.07, 6.45) is 1.53. The Morgan fingerprint density at radius 2 is 2.10 bits per heavy atom. The number of hydrogen-bond donors (Lipinski definition) is 4. The second kappa shape index (κ2) is 5.96. The first kappa shape index (κ1) is 14.4. The van der Waals surface area contributed by atoms with Crippen LogP contribution in [0.1, 0.15) is 29.0 Å². The number of carbonyl (C=O) groups excluding carboxylic acids is 1. The second-order valence-electron chi connectivity index (χ2n) is 5.09. The van der Waals surface area contributed by atoms with Crippen LogP contribution in [0.15, 0.2) is 6.07 Å². The summed E-state index contributed by atoms with van der Waals surface area (Å²) < 4.78 is 0. The maximum atomic E-state index is 12.1. The van der Waals surface area contributed by atoms with E-state index in [1.54, 1.807) is 17.9 Å². The van der Waals surface area contributed by atoms with Crippen LogP contribution in [0.25, 0.3) is 0 Å². The molecule has 20 heavy (non-hydrogen) atoms. The van der Waals surface area contributed by atoms with Gasteiger partial charge in [0, 0.05) is 25.4 Å². The molecule has 0 atom stereocenters. The minimum Gasteiger partial charge on any atom is -0.477 e. The van der Waals surface area contributed by atoms with Crippen LogP contribution in [0, 0.1) is 12.8 Å². The Morgan fingerprint density at radius 1 is 1.45 bits per heavy atom. The molecule has 0 unspecified atom stereocenters. The molecule has 1 aromatic heterocycles. The molecule has 2 heterocycles. The third-order valence-corrected chi connectivity index (χ3v) is 3.57. The molecule has 1 aliphatic rings. The predicted molar refractivity (Wildman–Crippen MR) is 72.9 cm³/mol. The smallest absolute Gasteiger partial charge is 0.354 e. The van der Waals surface area contributed by atoms with Crippen molar-refractivity contribution in [3.05, 3.63) is 17.5 Å². The minimum atomic E-state index is -1.10. The molecule has 1 fully saturated rings. The second-order valence-corrected chi connectivity index (χ2v) is 5.09. The van der Waals surface area contributed by atoms with Crippen molar-refractivity contribution in [2.24, 2.45) is 5.92 Å². The van der Waals surface area contributed by atoms with Crippen LogP contribution in [0.4, 0.5) is 10.5 Å². The van der Waals surface area contributed by atoms with Crippen LogP contribution in [0.5, 0.6) is 0 Å². The number of rotatable bonds is 3. The molecular formula is C13H19N3O4. The zero-order valence-electron chi connectivity index (χ0n) is 11.3. The number of aromatic carboxylic acids is 1. The molecule has 1 saturated heterocycles. The lowest BCUT2D eigenvalue weighted by atomic mass is 9.98. The number of piperidine rings is 1. The lowest BCUT2D eigenvalue weighted by molar-refractivity contribution is 0.0692. The number of aromatic amines is 1. The molecular weight excluding hydrogens is 262 g/mol. The van der Waals surface area contributed by atoms with E-state index in [-0.39, 0.29) is 29.9 Å². The van der Waals surface area contributed by atoms with Crippen LogP contribution >= 0.6 is 0 Å². The number of carboxylic acids is 1. The van der Waals surface area contributed by atoms with Crippen molar-refractivity contribution in [2.75, 3.05) is 25.0 Å². The van der Waals surface area contributed by atoms with E-state index in [1.165, 1.54) is 0 Å². The molecule has 1 aromatic rings. The highest BCUT2D eigenvalue weighted by molar-refractivity contribution is 5.99. The summed E-state index contributed by atoms with van der Waals surface area (Å²) in [4.78, 5) is 27.5. The molecule has 0 bridgehead atoms. The van der Waals surface area contributed by atoms with Crippen LogP contribution in [-0.2, 0) is 0 Å². The number of carboxylic acid groups (broad SMARTS) is 1. The van der Waals surface area contributed by atoms with Crippen molar-refractivity contribution in [2.45, 2.75) is 19.8 Å². The van der Waals surface area contributed by atoms with Gasteiger partial charge in [0.15, 0.2) is 0 Å². The SMILES string of the molecule is Cc1cc(NC(=O)N2CCC(CO)CC2)c(C(=O)O)[nH]1. The number of nitrogens with one attached hydrogen (secondary N) is 2. The molecule has 110 valence electrons. The van der Waals surface area contributed by atoms with Gasteiger partial charge in [-0.25, -0.2) is 9.59 Å². The van der Waals surface area contributed by atoms with E-state index in [0.717, 1.165) is 12.8 Å². The van der Waals surface area contributed by atoms with Gasteiger partial charge >= 0.3 is 12.0 Å². The maximum Gasteiger partial charge on any atom is 0.354 e. The normalized spacial score (nSPS) is 16.2. The van der Waals surface area contributed by atoms with Crippen LogP contribution in [0.3, 0.4) is 0 Å². The summed E-state index contributed by atoms with van der Waals surface area (Å²) in [6, 6.07) is 1.30. The maximum absolute atomic E-state index is 12.1. The van der Waals surface area contributed by atoms with Crippen molar-refractivity contribution in [1.29, 1.82) is 0 Å². The molecule has 2 amide bonds. The number of aliphatic hydroxyl groups is 1. The Bertz CT molecular complexity index is 504. The van der Waals surface area contributed by atoms with Crippen molar-refractivity contribution in [1.82, 2.24) is 9.88 Å². The number of hydrogen-bond acceptors (Lipinski definition) is 3. The fraction of sp³-hybridized carbons (Fsp3) is 0.538. The van der Waals surface area contributed by atoms with Gasteiger partial charge < -0.3 is 25.4 Å². The summed E-state index contributed by atoms with van der Waals surface area (Å²) in [5, 5.41) is 20.7. The molecule has 7 nitrogen and oxygen atoms in total. The lowest BCUT2D eigenvalue weighted by Gasteiger charge is -2.31. The molecule has 0 aromatic carbocycles. The highest BCUT2D eigenvalue weighted by Crippen LogP contribution is 2.20. The van der Waals surface area contributed by atoms with Gasteiger partial charge in [-0.05, 0) is 31.7 Å². The quantitative estimate of drug-likeness (QED) is 0.669. The zero-order valence-corrected chi connectivity index (χ0v) is 11.3. The van der Waals surface area contributed by atoms with Gasteiger partial charge in [-0.1, -0.05) is 0 Å². The van der Waals surface area contributed by atoms with Gasteiger partial charge in [0.05, 0.1) is 5.69 Å². The Morgan fingerprint density at radius 3 is 2.65 bits per heavy atom. The van der Waals surface area contributed by atoms with E-state index in [2.05, 4.69) is 10.3 Å². The van der Waals surface area contributed by atoms with Crippen molar-refractivity contribution in [3.63, 3.8) is 0 Å². The zero-order chi connectivity index (χ0) is 14.7. The first-order valence-corrected chi connectivity index (χ1v) is 6.61. The van der Waals surface area contributed by atoms with Gasteiger partial charge in [-0.3, -0.25) is 0 Å². The molecule has 0 spiro atoms. The number of urea groups is 1. The van der Waals surface area contributed by atoms with E-state index < -0.39 is 5.97 Å². The van der Waals surface area contributed by atoms with E-state index >= 15 is 0 Å². The molecule has 2 rings (SSSR count). The van der Waals surface area contributed by atoms with Gasteiger partial charge in [0.25, 0.3) is 0 Å². The van der Waals surface area contributed by atoms with Crippen LogP contribution < -0.4 is 5.32 Å². The van der Waals surface area contributed by atoms with Gasteiger partial charge in [-0.2, -0.15) is 0 Å². The monoisotopic (exact) mass is 281 g/mol. The topological polar surface area (TPSA) is 106 Å². The van der Waals surface area contributed by atoms with Gasteiger partial charge in [0.2, 0.25) is 0 Å². The Balaban J connectivity index is 2.00. The summed E-state index contributed by atoms with van der Waals surface area (Å²) >= 11 is 0. The number of aryl methyl sites for hydroxylation is 1. The Kier molecular flexibility index (Phi) is 4.29. The molecule has 1 aliphatic heterocycles. The van der Waals surface area contributed by atoms with Crippen molar-refractivity contribution >= 4 is 17.7 Å². The summed E-state index contributed by atoms with van der Waals surface area (Å²) in [5.41, 5.74) is 0.946. The lowest BCUT2D eigenvalue weighted by Crippen LogP contribution is -2.41. The number of anilines is 1. The molecule has 0 saturated carbocycles. The standard InChI is InChI=1S/C13H19N3O4/c1-8-6-10(11(14-8)12(18)19)15-13(20)16-4-2-9(7-17)3-5-16/h6,9,14,17H,2-5,7H2,1H3,(H,15,20)(H,18,19). The fourth-order valence-corrected chi connectivity index (χ4v) is 2.37. The largest absolute Gasteiger partial charge is 0.477 e.